The lowest BCUT2D eigenvalue weighted by atomic mass is 9.96. The van der Waals surface area contributed by atoms with Crippen LogP contribution in [-0.2, 0) is 7.05 Å². The highest BCUT2D eigenvalue weighted by Gasteiger charge is 2.21. The minimum atomic E-state index is 0.114. The molecule has 3 aromatic rings. The van der Waals surface area contributed by atoms with Crippen molar-refractivity contribution in [3.63, 3.8) is 0 Å². The van der Waals surface area contributed by atoms with E-state index in [2.05, 4.69) is 75.7 Å². The second-order valence-electron chi connectivity index (χ2n) is 5.06. The van der Waals surface area contributed by atoms with Gasteiger partial charge in [-0.15, -0.1) is 0 Å². The maximum atomic E-state index is 4.35. The van der Waals surface area contributed by atoms with Crippen molar-refractivity contribution >= 4 is 26.7 Å². The molecule has 21 heavy (non-hydrogen) atoms. The molecule has 0 aliphatic heterocycles. The van der Waals surface area contributed by atoms with Crippen LogP contribution in [0.1, 0.15) is 24.2 Å². The van der Waals surface area contributed by atoms with E-state index in [0.29, 0.717) is 0 Å². The van der Waals surface area contributed by atoms with Gasteiger partial charge in [0, 0.05) is 7.05 Å². The van der Waals surface area contributed by atoms with Crippen molar-refractivity contribution < 1.29 is 0 Å². The van der Waals surface area contributed by atoms with Crippen LogP contribution in [-0.4, -0.2) is 16.3 Å². The number of aryl methyl sites for hydroxylation is 1. The molecule has 0 fully saturated rings. The van der Waals surface area contributed by atoms with Crippen LogP contribution >= 0.6 is 15.9 Å². The Morgan fingerprint density at radius 1 is 1.19 bits per heavy atom. The van der Waals surface area contributed by atoms with Gasteiger partial charge in [-0.25, -0.2) is 0 Å². The molecule has 1 atom stereocenters. The first-order valence-corrected chi connectivity index (χ1v) is 7.90. The zero-order valence-electron chi connectivity index (χ0n) is 12.2. The van der Waals surface area contributed by atoms with Crippen molar-refractivity contribution in [3.8, 4) is 0 Å². The first kappa shape index (κ1) is 14.3. The molecule has 4 heteroatoms. The molecule has 1 N–H and O–H groups in total. The van der Waals surface area contributed by atoms with E-state index in [9.17, 15) is 0 Å². The smallest absolute Gasteiger partial charge is 0.0765 e. The van der Waals surface area contributed by atoms with E-state index in [-0.39, 0.29) is 6.04 Å². The molecule has 0 radical (unpaired) electrons. The number of hydrogen-bond acceptors (Lipinski definition) is 2. The number of fused-ring (bicyclic) bond motifs is 1. The van der Waals surface area contributed by atoms with Crippen molar-refractivity contribution in [2.45, 2.75) is 13.0 Å². The van der Waals surface area contributed by atoms with E-state index in [1.807, 2.05) is 17.9 Å². The normalized spacial score (nSPS) is 12.7. The van der Waals surface area contributed by atoms with Gasteiger partial charge in [0.2, 0.25) is 0 Å². The Kier molecular flexibility index (Phi) is 4.08. The van der Waals surface area contributed by atoms with E-state index in [1.165, 1.54) is 16.3 Å². The average Bonchev–Trinajstić information content (AvgIpc) is 2.84. The molecule has 0 bridgehead atoms. The Morgan fingerprint density at radius 3 is 2.67 bits per heavy atom. The molecule has 1 heterocycles. The maximum Gasteiger partial charge on any atom is 0.0765 e. The summed E-state index contributed by atoms with van der Waals surface area (Å²) in [6, 6.07) is 15.1. The van der Waals surface area contributed by atoms with Gasteiger partial charge in [0.1, 0.15) is 0 Å². The van der Waals surface area contributed by atoms with Gasteiger partial charge in [0.05, 0.1) is 22.4 Å². The predicted molar refractivity (Wildman–Crippen MR) is 90.4 cm³/mol. The van der Waals surface area contributed by atoms with Crippen molar-refractivity contribution in [3.05, 3.63) is 64.4 Å². The maximum absolute atomic E-state index is 4.35. The van der Waals surface area contributed by atoms with Crippen molar-refractivity contribution in [2.75, 3.05) is 6.54 Å². The number of aromatic nitrogens is 2. The van der Waals surface area contributed by atoms with Gasteiger partial charge < -0.3 is 5.32 Å². The minimum absolute atomic E-state index is 0.114. The number of rotatable bonds is 4. The molecule has 1 aromatic heterocycles. The van der Waals surface area contributed by atoms with Crippen LogP contribution in [0.4, 0.5) is 0 Å². The lowest BCUT2D eigenvalue weighted by Crippen LogP contribution is -2.24. The van der Waals surface area contributed by atoms with E-state index in [0.717, 1.165) is 16.7 Å². The molecule has 2 aromatic carbocycles. The number of nitrogens with zero attached hydrogens (tertiary/aromatic N) is 2. The topological polar surface area (TPSA) is 29.9 Å². The molecule has 0 aliphatic carbocycles. The third kappa shape index (κ3) is 2.61. The van der Waals surface area contributed by atoms with Crippen LogP contribution in [0.5, 0.6) is 0 Å². The van der Waals surface area contributed by atoms with Crippen LogP contribution in [0, 0.1) is 0 Å². The Bertz CT molecular complexity index is 739. The van der Waals surface area contributed by atoms with Crippen LogP contribution in [0.15, 0.2) is 53.1 Å². The zero-order valence-corrected chi connectivity index (χ0v) is 13.8. The second-order valence-corrected chi connectivity index (χ2v) is 5.91. The molecule has 1 unspecified atom stereocenters. The molecule has 0 saturated heterocycles. The number of nitrogens with one attached hydrogen (secondary N) is 1. The molecule has 0 aliphatic rings. The van der Waals surface area contributed by atoms with Crippen molar-refractivity contribution in [1.82, 2.24) is 15.1 Å². The van der Waals surface area contributed by atoms with E-state index >= 15 is 0 Å². The Morgan fingerprint density at radius 2 is 1.95 bits per heavy atom. The van der Waals surface area contributed by atoms with Gasteiger partial charge >= 0.3 is 0 Å². The summed E-state index contributed by atoms with van der Waals surface area (Å²) >= 11 is 3.63. The number of hydrogen-bond donors (Lipinski definition) is 1. The largest absolute Gasteiger partial charge is 0.305 e. The van der Waals surface area contributed by atoms with Gasteiger partial charge in [-0.05, 0) is 38.8 Å². The molecule has 0 spiro atoms. The molecular weight excluding hydrogens is 326 g/mol. The van der Waals surface area contributed by atoms with Gasteiger partial charge in [-0.1, -0.05) is 49.4 Å². The fourth-order valence-electron chi connectivity index (χ4n) is 2.81. The summed E-state index contributed by atoms with van der Waals surface area (Å²) in [5, 5.41) is 10.5. The third-order valence-corrected chi connectivity index (χ3v) is 4.36. The Labute approximate surface area is 133 Å². The minimum Gasteiger partial charge on any atom is -0.305 e. The first-order chi connectivity index (χ1) is 10.2. The lowest BCUT2D eigenvalue weighted by molar-refractivity contribution is 0.573. The van der Waals surface area contributed by atoms with Gasteiger partial charge in [0.25, 0.3) is 0 Å². The average molecular weight is 344 g/mol. The summed E-state index contributed by atoms with van der Waals surface area (Å²) in [7, 11) is 1.98. The van der Waals surface area contributed by atoms with Crippen molar-refractivity contribution in [1.29, 1.82) is 0 Å². The van der Waals surface area contributed by atoms with Gasteiger partial charge in [0.15, 0.2) is 0 Å². The second kappa shape index (κ2) is 6.00. The summed E-state index contributed by atoms with van der Waals surface area (Å²) in [6.45, 7) is 3.02. The first-order valence-electron chi connectivity index (χ1n) is 7.10. The van der Waals surface area contributed by atoms with Gasteiger partial charge in [-0.3, -0.25) is 4.68 Å². The molecular formula is C17H18BrN3. The molecule has 0 saturated carbocycles. The van der Waals surface area contributed by atoms with Crippen molar-refractivity contribution in [2.24, 2.45) is 7.05 Å². The van der Waals surface area contributed by atoms with Crippen LogP contribution in [0.2, 0.25) is 0 Å². The fraction of sp³-hybridized carbons (Fsp3) is 0.235. The summed E-state index contributed by atoms with van der Waals surface area (Å²) < 4.78 is 2.96. The molecule has 3 nitrogen and oxygen atoms in total. The van der Waals surface area contributed by atoms with Crippen LogP contribution in [0.3, 0.4) is 0 Å². The standard InChI is InChI=1S/C17H18BrN3/c1-3-19-16(17-15(18)11-20-21(17)2)14-10-6-8-12-7-4-5-9-13(12)14/h4-11,16,19H,3H2,1-2H3. The quantitative estimate of drug-likeness (QED) is 0.774. The zero-order chi connectivity index (χ0) is 14.8. The van der Waals surface area contributed by atoms with Crippen LogP contribution < -0.4 is 5.32 Å². The Hall–Kier alpha value is -1.65. The van der Waals surface area contributed by atoms with E-state index < -0.39 is 0 Å². The molecule has 0 amide bonds. The monoisotopic (exact) mass is 343 g/mol. The lowest BCUT2D eigenvalue weighted by Gasteiger charge is -2.21. The summed E-state index contributed by atoms with van der Waals surface area (Å²) in [5.41, 5.74) is 2.42. The van der Waals surface area contributed by atoms with Gasteiger partial charge in [-0.2, -0.15) is 5.10 Å². The summed E-state index contributed by atoms with van der Waals surface area (Å²) in [6.07, 6.45) is 1.85. The molecule has 3 rings (SSSR count). The summed E-state index contributed by atoms with van der Waals surface area (Å²) in [5.74, 6) is 0. The molecule has 108 valence electrons. The summed E-state index contributed by atoms with van der Waals surface area (Å²) in [4.78, 5) is 0. The highest BCUT2D eigenvalue weighted by molar-refractivity contribution is 9.10. The fourth-order valence-corrected chi connectivity index (χ4v) is 3.38. The highest BCUT2D eigenvalue weighted by atomic mass is 79.9. The number of halogens is 1. The van der Waals surface area contributed by atoms with E-state index in [4.69, 9.17) is 0 Å². The highest BCUT2D eigenvalue weighted by Crippen LogP contribution is 2.32. The van der Waals surface area contributed by atoms with Crippen LogP contribution in [0.25, 0.3) is 10.8 Å². The predicted octanol–water partition coefficient (Wildman–Crippen LogP) is 4.03. The number of benzene rings is 2. The Balaban J connectivity index is 2.21. The third-order valence-electron chi connectivity index (χ3n) is 3.75. The SMILES string of the molecule is CCNC(c1cccc2ccccc12)c1c(Br)cnn1C. The van der Waals surface area contributed by atoms with E-state index in [1.54, 1.807) is 0 Å².